The standard InChI is InChI=1S/C23H33N5O2S/c1-5-9-27(3)21-15-20(16-30-4)24-23(25-21)31-17-18-7-6-8-19(14-18)22(29)28-12-10-26(2)11-13-28/h6-8,14-15H,5,9-13,16-17H2,1-4H3. The molecule has 168 valence electrons. The van der Waals surface area contributed by atoms with E-state index in [-0.39, 0.29) is 5.91 Å². The first kappa shape index (κ1) is 23.5. The number of rotatable bonds is 9. The summed E-state index contributed by atoms with van der Waals surface area (Å²) in [5.74, 6) is 1.73. The number of hydrogen-bond acceptors (Lipinski definition) is 7. The molecule has 0 spiro atoms. The number of aromatic nitrogens is 2. The number of benzene rings is 1. The molecular formula is C23H33N5O2S. The first-order valence-corrected chi connectivity index (χ1v) is 11.8. The van der Waals surface area contributed by atoms with Crippen molar-refractivity contribution >= 4 is 23.5 Å². The molecule has 0 saturated carbocycles. The van der Waals surface area contributed by atoms with Crippen molar-refractivity contribution in [2.45, 2.75) is 30.9 Å². The molecule has 7 nitrogen and oxygen atoms in total. The van der Waals surface area contributed by atoms with Gasteiger partial charge in [0.2, 0.25) is 0 Å². The van der Waals surface area contributed by atoms with Crippen LogP contribution in [-0.2, 0) is 17.1 Å². The lowest BCUT2D eigenvalue weighted by atomic mass is 10.1. The van der Waals surface area contributed by atoms with Crippen LogP contribution >= 0.6 is 11.8 Å². The van der Waals surface area contributed by atoms with Gasteiger partial charge in [-0.25, -0.2) is 9.97 Å². The summed E-state index contributed by atoms with van der Waals surface area (Å²) in [5, 5.41) is 0.725. The lowest BCUT2D eigenvalue weighted by molar-refractivity contribution is 0.0664. The lowest BCUT2D eigenvalue weighted by Gasteiger charge is -2.32. The highest BCUT2D eigenvalue weighted by atomic mass is 32.2. The SMILES string of the molecule is CCCN(C)c1cc(COC)nc(SCc2cccc(C(=O)N3CCN(C)CC3)c2)n1. The number of amides is 1. The Kier molecular flexibility index (Phi) is 8.69. The number of anilines is 1. The molecule has 3 rings (SSSR count). The van der Waals surface area contributed by atoms with Crippen LogP contribution in [0.4, 0.5) is 5.82 Å². The summed E-state index contributed by atoms with van der Waals surface area (Å²) < 4.78 is 5.28. The molecule has 2 heterocycles. The number of thioether (sulfide) groups is 1. The van der Waals surface area contributed by atoms with Gasteiger partial charge >= 0.3 is 0 Å². The summed E-state index contributed by atoms with van der Waals surface area (Å²) in [4.78, 5) is 28.6. The minimum atomic E-state index is 0.113. The maximum Gasteiger partial charge on any atom is 0.253 e. The third kappa shape index (κ3) is 6.66. The number of ether oxygens (including phenoxy) is 1. The molecule has 1 aliphatic rings. The molecule has 1 aliphatic heterocycles. The quantitative estimate of drug-likeness (QED) is 0.436. The summed E-state index contributed by atoms with van der Waals surface area (Å²) in [5.41, 5.74) is 2.71. The van der Waals surface area contributed by atoms with Crippen LogP contribution in [0.15, 0.2) is 35.5 Å². The molecule has 8 heteroatoms. The van der Waals surface area contributed by atoms with Crippen LogP contribution in [0.5, 0.6) is 0 Å². The van der Waals surface area contributed by atoms with Crippen molar-refractivity contribution in [3.05, 3.63) is 47.2 Å². The number of hydrogen-bond donors (Lipinski definition) is 0. The third-order valence-corrected chi connectivity index (χ3v) is 6.24. The van der Waals surface area contributed by atoms with Gasteiger partial charge in [0.15, 0.2) is 5.16 Å². The minimum absolute atomic E-state index is 0.113. The molecule has 0 N–H and O–H groups in total. The number of carbonyl (C=O) groups is 1. The van der Waals surface area contributed by atoms with Gasteiger partial charge in [-0.15, -0.1) is 0 Å². The third-order valence-electron chi connectivity index (χ3n) is 5.32. The average molecular weight is 444 g/mol. The Balaban J connectivity index is 1.69. The summed E-state index contributed by atoms with van der Waals surface area (Å²) in [6.45, 7) is 6.95. The van der Waals surface area contributed by atoms with Gasteiger partial charge in [-0.2, -0.15) is 0 Å². The summed E-state index contributed by atoms with van der Waals surface area (Å²) in [6.07, 6.45) is 1.05. The van der Waals surface area contributed by atoms with E-state index in [9.17, 15) is 4.79 Å². The first-order valence-electron chi connectivity index (χ1n) is 10.8. The average Bonchev–Trinajstić information content (AvgIpc) is 2.78. The molecule has 0 radical (unpaired) electrons. The molecule has 1 amide bonds. The monoisotopic (exact) mass is 443 g/mol. The maximum absolute atomic E-state index is 12.9. The second-order valence-electron chi connectivity index (χ2n) is 7.94. The normalized spacial score (nSPS) is 14.6. The molecule has 1 aromatic carbocycles. The van der Waals surface area contributed by atoms with Crippen molar-refractivity contribution in [2.24, 2.45) is 0 Å². The van der Waals surface area contributed by atoms with Crippen molar-refractivity contribution in [2.75, 3.05) is 58.8 Å². The number of carbonyl (C=O) groups excluding carboxylic acids is 1. The maximum atomic E-state index is 12.9. The van der Waals surface area contributed by atoms with Crippen LogP contribution in [0.1, 0.15) is 35.0 Å². The van der Waals surface area contributed by atoms with E-state index < -0.39 is 0 Å². The molecule has 0 atom stereocenters. The van der Waals surface area contributed by atoms with Crippen molar-refractivity contribution in [1.82, 2.24) is 19.8 Å². The first-order chi connectivity index (χ1) is 15.0. The predicted octanol–water partition coefficient (Wildman–Crippen LogP) is 3.15. The lowest BCUT2D eigenvalue weighted by Crippen LogP contribution is -2.47. The Morgan fingerprint density at radius 2 is 1.97 bits per heavy atom. The fourth-order valence-corrected chi connectivity index (χ4v) is 4.34. The molecule has 1 fully saturated rings. The Labute approximate surface area is 189 Å². The highest BCUT2D eigenvalue weighted by Crippen LogP contribution is 2.24. The van der Waals surface area contributed by atoms with Gasteiger partial charge in [-0.1, -0.05) is 30.8 Å². The Hall–Kier alpha value is -2.16. The van der Waals surface area contributed by atoms with Crippen LogP contribution in [-0.4, -0.2) is 79.6 Å². The molecule has 31 heavy (non-hydrogen) atoms. The molecule has 0 unspecified atom stereocenters. The van der Waals surface area contributed by atoms with E-state index in [1.165, 1.54) is 0 Å². The van der Waals surface area contributed by atoms with Crippen molar-refractivity contribution in [3.8, 4) is 0 Å². The fraction of sp³-hybridized carbons (Fsp3) is 0.522. The zero-order valence-corrected chi connectivity index (χ0v) is 19.8. The van der Waals surface area contributed by atoms with Gasteiger partial charge in [0.05, 0.1) is 12.3 Å². The van der Waals surface area contributed by atoms with Crippen LogP contribution in [0.3, 0.4) is 0 Å². The number of nitrogens with zero attached hydrogens (tertiary/aromatic N) is 5. The second-order valence-corrected chi connectivity index (χ2v) is 8.88. The predicted molar refractivity (Wildman–Crippen MR) is 126 cm³/mol. The zero-order valence-electron chi connectivity index (χ0n) is 19.0. The van der Waals surface area contributed by atoms with Crippen molar-refractivity contribution in [1.29, 1.82) is 0 Å². The van der Waals surface area contributed by atoms with E-state index in [4.69, 9.17) is 9.72 Å². The minimum Gasteiger partial charge on any atom is -0.378 e. The van der Waals surface area contributed by atoms with Crippen LogP contribution in [0.2, 0.25) is 0 Å². The number of methoxy groups -OCH3 is 1. The second kappa shape index (κ2) is 11.5. The van der Waals surface area contributed by atoms with E-state index in [2.05, 4.69) is 34.8 Å². The van der Waals surface area contributed by atoms with E-state index in [0.717, 1.165) is 66.9 Å². The molecule has 1 aromatic heterocycles. The van der Waals surface area contributed by atoms with Gasteiger partial charge in [-0.05, 0) is 31.2 Å². The molecule has 1 saturated heterocycles. The van der Waals surface area contributed by atoms with E-state index >= 15 is 0 Å². The van der Waals surface area contributed by atoms with Gasteiger partial charge in [0.1, 0.15) is 5.82 Å². The topological polar surface area (TPSA) is 61.8 Å². The zero-order chi connectivity index (χ0) is 22.2. The van der Waals surface area contributed by atoms with E-state index in [1.54, 1.807) is 18.9 Å². The van der Waals surface area contributed by atoms with Gasteiger partial charge in [-0.3, -0.25) is 4.79 Å². The van der Waals surface area contributed by atoms with E-state index in [1.807, 2.05) is 36.2 Å². The Bertz CT molecular complexity index is 871. The van der Waals surface area contributed by atoms with Crippen LogP contribution in [0, 0.1) is 0 Å². The van der Waals surface area contributed by atoms with Gasteiger partial charge in [0.25, 0.3) is 5.91 Å². The molecule has 0 aliphatic carbocycles. The fourth-order valence-electron chi connectivity index (χ4n) is 3.53. The smallest absolute Gasteiger partial charge is 0.253 e. The summed E-state index contributed by atoms with van der Waals surface area (Å²) in [7, 11) is 5.81. The van der Waals surface area contributed by atoms with Gasteiger partial charge < -0.3 is 19.4 Å². The molecular weight excluding hydrogens is 410 g/mol. The molecule has 0 bridgehead atoms. The van der Waals surface area contributed by atoms with Gasteiger partial charge in [0, 0.05) is 64.3 Å². The largest absolute Gasteiger partial charge is 0.378 e. The Morgan fingerprint density at radius 1 is 1.19 bits per heavy atom. The highest BCUT2D eigenvalue weighted by Gasteiger charge is 2.20. The summed E-state index contributed by atoms with van der Waals surface area (Å²) >= 11 is 1.58. The van der Waals surface area contributed by atoms with Crippen LogP contribution < -0.4 is 4.90 Å². The number of piperazine rings is 1. The van der Waals surface area contributed by atoms with Crippen molar-refractivity contribution in [3.63, 3.8) is 0 Å². The van der Waals surface area contributed by atoms with E-state index in [0.29, 0.717) is 12.4 Å². The van der Waals surface area contributed by atoms with Crippen molar-refractivity contribution < 1.29 is 9.53 Å². The highest BCUT2D eigenvalue weighted by molar-refractivity contribution is 7.98. The summed E-state index contributed by atoms with van der Waals surface area (Å²) in [6, 6.07) is 9.90. The Morgan fingerprint density at radius 3 is 2.68 bits per heavy atom. The number of likely N-dealkylation sites (N-methyl/N-ethyl adjacent to an activating group) is 1. The molecule has 2 aromatic rings. The van der Waals surface area contributed by atoms with Crippen LogP contribution in [0.25, 0.3) is 0 Å².